The molecule has 33 heavy (non-hydrogen) atoms. The fraction of sp³-hybridized carbons (Fsp3) is 0.0667. The Bertz CT molecular complexity index is 1250. The van der Waals surface area contributed by atoms with E-state index in [9.17, 15) is 0 Å². The van der Waals surface area contributed by atoms with E-state index >= 15 is 0 Å². The number of hydrogen-bond acceptors (Lipinski definition) is 1. The standard InChI is InChI=1S/C30H20Br2O/c31-29-25(17-7-15-23-11-3-1-4-12-23)19-9-21-27(29)33-28-22-10-20-26(30(28)32)18-8-16-24-13-5-2-6-14-24/h1-6,9-14,19-22H,15-16H2. The van der Waals surface area contributed by atoms with Gasteiger partial charge in [0.25, 0.3) is 0 Å². The fourth-order valence-electron chi connectivity index (χ4n) is 3.17. The number of benzene rings is 4. The molecule has 3 heteroatoms. The molecule has 0 saturated heterocycles. The average Bonchev–Trinajstić information content (AvgIpc) is 2.85. The number of rotatable bonds is 4. The van der Waals surface area contributed by atoms with E-state index in [4.69, 9.17) is 4.74 Å². The van der Waals surface area contributed by atoms with Crippen LogP contribution >= 0.6 is 31.9 Å². The Labute approximate surface area is 212 Å². The maximum atomic E-state index is 6.22. The van der Waals surface area contributed by atoms with Gasteiger partial charge in [-0.15, -0.1) is 0 Å². The molecular formula is C30H20Br2O. The van der Waals surface area contributed by atoms with E-state index in [1.54, 1.807) is 0 Å². The Kier molecular flexibility index (Phi) is 8.04. The van der Waals surface area contributed by atoms with Crippen LogP contribution in [0.25, 0.3) is 0 Å². The van der Waals surface area contributed by atoms with E-state index in [-0.39, 0.29) is 0 Å². The summed E-state index contributed by atoms with van der Waals surface area (Å²) in [6.45, 7) is 0. The van der Waals surface area contributed by atoms with Crippen molar-refractivity contribution in [2.45, 2.75) is 12.8 Å². The van der Waals surface area contributed by atoms with Crippen molar-refractivity contribution in [3.63, 3.8) is 0 Å². The smallest absolute Gasteiger partial charge is 0.142 e. The molecule has 4 aromatic carbocycles. The van der Waals surface area contributed by atoms with Gasteiger partial charge in [-0.25, -0.2) is 0 Å². The van der Waals surface area contributed by atoms with Crippen LogP contribution in [0.5, 0.6) is 11.5 Å². The Morgan fingerprint density at radius 2 is 0.939 bits per heavy atom. The number of ether oxygens (including phenoxy) is 1. The van der Waals surface area contributed by atoms with E-state index in [0.29, 0.717) is 24.3 Å². The molecular weight excluding hydrogens is 536 g/mol. The van der Waals surface area contributed by atoms with Crippen LogP contribution in [-0.4, -0.2) is 0 Å². The highest BCUT2D eigenvalue weighted by molar-refractivity contribution is 9.11. The SMILES string of the molecule is Brc1c(C#CCc2ccccc2)cccc1Oc1cccc(C#CCc2ccccc2)c1Br. The second-order valence-electron chi connectivity index (χ2n) is 7.27. The molecule has 0 aliphatic heterocycles. The molecule has 4 aromatic rings. The minimum Gasteiger partial charge on any atom is -0.455 e. The lowest BCUT2D eigenvalue weighted by molar-refractivity contribution is 0.476. The van der Waals surface area contributed by atoms with Gasteiger partial charge in [0, 0.05) is 24.0 Å². The lowest BCUT2D eigenvalue weighted by Crippen LogP contribution is -1.91. The fourth-order valence-corrected chi connectivity index (χ4v) is 4.05. The van der Waals surface area contributed by atoms with Crippen LogP contribution in [0.2, 0.25) is 0 Å². The van der Waals surface area contributed by atoms with Crippen molar-refractivity contribution in [2.24, 2.45) is 0 Å². The third-order valence-corrected chi connectivity index (χ3v) is 6.50. The Balaban J connectivity index is 1.50. The first-order valence-electron chi connectivity index (χ1n) is 10.5. The predicted octanol–water partition coefficient (Wildman–Crippen LogP) is 8.19. The molecule has 0 bridgehead atoms. The molecule has 4 rings (SSSR count). The zero-order valence-corrected chi connectivity index (χ0v) is 21.0. The van der Waals surface area contributed by atoms with E-state index in [0.717, 1.165) is 20.1 Å². The molecule has 0 aliphatic carbocycles. The average molecular weight is 556 g/mol. The lowest BCUT2D eigenvalue weighted by atomic mass is 10.1. The first kappa shape index (κ1) is 22.9. The molecule has 0 N–H and O–H groups in total. The molecule has 160 valence electrons. The third-order valence-electron chi connectivity index (χ3n) is 4.86. The van der Waals surface area contributed by atoms with Gasteiger partial charge < -0.3 is 4.74 Å². The first-order valence-corrected chi connectivity index (χ1v) is 12.1. The van der Waals surface area contributed by atoms with Crippen LogP contribution in [0.3, 0.4) is 0 Å². The largest absolute Gasteiger partial charge is 0.455 e. The summed E-state index contributed by atoms with van der Waals surface area (Å²) in [5, 5.41) is 0. The molecule has 0 fully saturated rings. The van der Waals surface area contributed by atoms with Gasteiger partial charge in [-0.3, -0.25) is 0 Å². The van der Waals surface area contributed by atoms with Crippen LogP contribution < -0.4 is 4.74 Å². The minimum absolute atomic E-state index is 0.702. The van der Waals surface area contributed by atoms with Gasteiger partial charge in [-0.1, -0.05) is 96.5 Å². The van der Waals surface area contributed by atoms with E-state index in [2.05, 4.69) is 79.8 Å². The Morgan fingerprint density at radius 3 is 1.36 bits per heavy atom. The highest BCUT2D eigenvalue weighted by Gasteiger charge is 2.10. The van der Waals surface area contributed by atoms with Gasteiger partial charge in [0.05, 0.1) is 8.95 Å². The van der Waals surface area contributed by atoms with Gasteiger partial charge in [0.2, 0.25) is 0 Å². The quantitative estimate of drug-likeness (QED) is 0.231. The van der Waals surface area contributed by atoms with E-state index in [1.807, 2.05) is 72.8 Å². The van der Waals surface area contributed by atoms with Crippen molar-refractivity contribution in [2.75, 3.05) is 0 Å². The minimum atomic E-state index is 0.702. The van der Waals surface area contributed by atoms with E-state index < -0.39 is 0 Å². The molecule has 1 nitrogen and oxygen atoms in total. The van der Waals surface area contributed by atoms with Gasteiger partial charge >= 0.3 is 0 Å². The lowest BCUT2D eigenvalue weighted by Gasteiger charge is -2.11. The molecule has 0 heterocycles. The summed E-state index contributed by atoms with van der Waals surface area (Å²) in [7, 11) is 0. The summed E-state index contributed by atoms with van der Waals surface area (Å²) in [6.07, 6.45) is 1.40. The van der Waals surface area contributed by atoms with Gasteiger partial charge in [-0.2, -0.15) is 0 Å². The van der Waals surface area contributed by atoms with E-state index in [1.165, 1.54) is 11.1 Å². The second-order valence-corrected chi connectivity index (χ2v) is 8.85. The van der Waals surface area contributed by atoms with Crippen molar-refractivity contribution >= 4 is 31.9 Å². The zero-order chi connectivity index (χ0) is 22.9. The van der Waals surface area contributed by atoms with Crippen LogP contribution in [-0.2, 0) is 12.8 Å². The van der Waals surface area contributed by atoms with Crippen molar-refractivity contribution in [3.05, 3.63) is 128 Å². The normalized spacial score (nSPS) is 9.88. The topological polar surface area (TPSA) is 9.23 Å². The molecule has 0 amide bonds. The maximum absolute atomic E-state index is 6.22. The molecule has 0 atom stereocenters. The molecule has 0 aliphatic rings. The highest BCUT2D eigenvalue weighted by atomic mass is 79.9. The summed E-state index contributed by atoms with van der Waals surface area (Å²) < 4.78 is 7.88. The third kappa shape index (κ3) is 6.39. The van der Waals surface area contributed by atoms with Gasteiger partial charge in [-0.05, 0) is 67.3 Å². The van der Waals surface area contributed by atoms with Crippen molar-refractivity contribution < 1.29 is 4.74 Å². The molecule has 0 unspecified atom stereocenters. The summed E-state index contributed by atoms with van der Waals surface area (Å²) >= 11 is 7.33. The van der Waals surface area contributed by atoms with Crippen LogP contribution in [0.1, 0.15) is 22.3 Å². The summed E-state index contributed by atoms with van der Waals surface area (Å²) in [4.78, 5) is 0. The first-order chi connectivity index (χ1) is 16.2. The zero-order valence-electron chi connectivity index (χ0n) is 17.8. The van der Waals surface area contributed by atoms with Crippen LogP contribution in [0.15, 0.2) is 106 Å². The number of halogens is 2. The van der Waals surface area contributed by atoms with Gasteiger partial charge in [0.1, 0.15) is 11.5 Å². The van der Waals surface area contributed by atoms with Crippen molar-refractivity contribution in [1.82, 2.24) is 0 Å². The van der Waals surface area contributed by atoms with Crippen molar-refractivity contribution in [3.8, 4) is 35.2 Å². The second kappa shape index (κ2) is 11.6. The predicted molar refractivity (Wildman–Crippen MR) is 142 cm³/mol. The number of hydrogen-bond donors (Lipinski definition) is 0. The summed E-state index contributed by atoms with van der Waals surface area (Å²) in [6, 6.07) is 32.2. The molecule has 0 spiro atoms. The summed E-state index contributed by atoms with van der Waals surface area (Å²) in [5.74, 6) is 14.4. The highest BCUT2D eigenvalue weighted by Crippen LogP contribution is 2.36. The molecule has 0 saturated carbocycles. The summed E-state index contributed by atoms with van der Waals surface area (Å²) in [5.41, 5.74) is 4.17. The monoisotopic (exact) mass is 554 g/mol. The van der Waals surface area contributed by atoms with Crippen molar-refractivity contribution in [1.29, 1.82) is 0 Å². The molecule has 0 aromatic heterocycles. The van der Waals surface area contributed by atoms with Crippen LogP contribution in [0, 0.1) is 23.7 Å². The molecule has 0 radical (unpaired) electrons. The van der Waals surface area contributed by atoms with Crippen LogP contribution in [0.4, 0.5) is 0 Å². The maximum Gasteiger partial charge on any atom is 0.142 e. The Morgan fingerprint density at radius 1 is 0.515 bits per heavy atom. The van der Waals surface area contributed by atoms with Gasteiger partial charge in [0.15, 0.2) is 0 Å². The Hall–Kier alpha value is -3.24.